The number of nitriles is 2. The predicted molar refractivity (Wildman–Crippen MR) is 209 cm³/mol. The molecule has 0 radical (unpaired) electrons. The molecule has 6 aromatic rings. The first kappa shape index (κ1) is 32.2. The minimum absolute atomic E-state index is 0.511. The third-order valence-corrected chi connectivity index (χ3v) is 16.6. The summed E-state index contributed by atoms with van der Waals surface area (Å²) in [6.45, 7) is -5.29. The largest absolute Gasteiger partial charge is 0.192 e. The van der Waals surface area contributed by atoms with Crippen LogP contribution in [0.2, 0.25) is 0 Å². The quantitative estimate of drug-likeness (QED) is 0.103. The fourth-order valence-electron chi connectivity index (χ4n) is 6.20. The average molecular weight is 655 g/mol. The highest BCUT2D eigenvalue weighted by molar-refractivity contribution is 7.97. The molecule has 230 valence electrons. The van der Waals surface area contributed by atoms with E-state index in [2.05, 4.69) is 95.1 Å². The zero-order chi connectivity index (χ0) is 33.1. The first-order chi connectivity index (χ1) is 23.8. The van der Waals surface area contributed by atoms with Crippen LogP contribution in [-0.4, -0.2) is 23.0 Å². The molecule has 48 heavy (non-hydrogen) atoms. The molecular formula is C42H32N4P2. The SMILES string of the molecule is N#CC(C=NN=CC(C#N)=P(c1ccccc1)(c1ccccc1)c1ccccc1)=P(c1ccccc1)(c1ccccc1)c1ccccc1. The van der Waals surface area contributed by atoms with Crippen molar-refractivity contribution < 1.29 is 0 Å². The lowest BCUT2D eigenvalue weighted by Crippen LogP contribution is -2.30. The molecular weight excluding hydrogens is 622 g/mol. The van der Waals surface area contributed by atoms with Crippen LogP contribution < -0.4 is 31.8 Å². The number of benzene rings is 6. The van der Waals surface area contributed by atoms with E-state index in [1.165, 1.54) is 0 Å². The fourth-order valence-corrected chi connectivity index (χ4v) is 14.1. The predicted octanol–water partition coefficient (Wildman–Crippen LogP) is 6.42. The van der Waals surface area contributed by atoms with Crippen molar-refractivity contribution in [3.8, 4) is 12.1 Å². The normalized spacial score (nSPS) is 11.5. The summed E-state index contributed by atoms with van der Waals surface area (Å²) in [7, 11) is 0. The van der Waals surface area contributed by atoms with E-state index in [0.29, 0.717) is 10.6 Å². The maximum Gasteiger partial charge on any atom is 0.102 e. The standard InChI is InChI=1S/C42H32N4P2/c43-31-41(47(35-19-7-1-8-20-35,36-21-9-2-10-22-36)37-23-11-3-12-24-37)33-45-46-34-42(32-44)48(38-25-13-4-14-26-38,39-27-15-5-16-28-39)40-29-17-6-18-30-40/h1-30,33-34H. The third kappa shape index (κ3) is 6.05. The second-order valence-electron chi connectivity index (χ2n) is 10.8. The summed E-state index contributed by atoms with van der Waals surface area (Å²) in [5, 5.41) is 38.0. The van der Waals surface area contributed by atoms with Gasteiger partial charge in [0, 0.05) is 0 Å². The molecule has 0 unspecified atom stereocenters. The number of nitrogens with zero attached hydrogens (tertiary/aromatic N) is 4. The molecule has 0 bridgehead atoms. The molecule has 0 amide bonds. The Labute approximate surface area is 282 Å². The van der Waals surface area contributed by atoms with Gasteiger partial charge in [0.1, 0.15) is 12.1 Å². The summed E-state index contributed by atoms with van der Waals surface area (Å²) >= 11 is 0. The van der Waals surface area contributed by atoms with Gasteiger partial charge in [0.05, 0.1) is 23.0 Å². The molecule has 0 saturated heterocycles. The van der Waals surface area contributed by atoms with E-state index in [4.69, 9.17) is 0 Å². The molecule has 0 aliphatic rings. The molecule has 0 spiro atoms. The van der Waals surface area contributed by atoms with Gasteiger partial charge in [-0.1, -0.05) is 182 Å². The Morgan fingerprint density at radius 2 is 0.542 bits per heavy atom. The van der Waals surface area contributed by atoms with Gasteiger partial charge >= 0.3 is 0 Å². The van der Waals surface area contributed by atoms with E-state index in [-0.39, 0.29) is 0 Å². The molecule has 0 atom stereocenters. The second kappa shape index (κ2) is 15.2. The zero-order valence-corrected chi connectivity index (χ0v) is 27.9. The van der Waals surface area contributed by atoms with Gasteiger partial charge in [-0.15, -0.1) is 0 Å². The second-order valence-corrected chi connectivity index (χ2v) is 17.6. The van der Waals surface area contributed by atoms with E-state index in [0.717, 1.165) is 31.8 Å². The molecule has 6 heteroatoms. The molecule has 0 saturated carbocycles. The van der Waals surface area contributed by atoms with Crippen LogP contribution >= 0.6 is 13.8 Å². The summed E-state index contributed by atoms with van der Waals surface area (Å²) in [6, 6.07) is 66.1. The first-order valence-electron chi connectivity index (χ1n) is 15.5. The number of rotatable bonds is 9. The van der Waals surface area contributed by atoms with Crippen LogP contribution in [0.1, 0.15) is 0 Å². The van der Waals surface area contributed by atoms with Crippen LogP contribution in [0.5, 0.6) is 0 Å². The highest BCUT2D eigenvalue weighted by Crippen LogP contribution is 2.47. The van der Waals surface area contributed by atoms with Gasteiger partial charge in [0.15, 0.2) is 0 Å². The number of hydrogen-bond acceptors (Lipinski definition) is 4. The van der Waals surface area contributed by atoms with Crippen LogP contribution in [0, 0.1) is 22.7 Å². The van der Waals surface area contributed by atoms with Crippen molar-refractivity contribution in [2.45, 2.75) is 0 Å². The molecule has 4 nitrogen and oxygen atoms in total. The third-order valence-electron chi connectivity index (χ3n) is 8.24. The van der Waals surface area contributed by atoms with Crippen LogP contribution in [0.4, 0.5) is 0 Å². The number of hydrogen-bond donors (Lipinski definition) is 0. The molecule has 0 aromatic heterocycles. The highest BCUT2D eigenvalue weighted by atomic mass is 31.2. The van der Waals surface area contributed by atoms with Gasteiger partial charge in [-0.2, -0.15) is 20.7 Å². The Bertz CT molecular complexity index is 1860. The smallest absolute Gasteiger partial charge is 0.102 e. The van der Waals surface area contributed by atoms with Crippen molar-refractivity contribution in [3.63, 3.8) is 0 Å². The van der Waals surface area contributed by atoms with Crippen molar-refractivity contribution in [3.05, 3.63) is 182 Å². The van der Waals surface area contributed by atoms with Crippen molar-refractivity contribution in [1.29, 1.82) is 10.5 Å². The van der Waals surface area contributed by atoms with Crippen LogP contribution in [0.3, 0.4) is 0 Å². The Morgan fingerprint density at radius 1 is 0.354 bits per heavy atom. The monoisotopic (exact) mass is 654 g/mol. The molecule has 0 N–H and O–H groups in total. The molecule has 0 aliphatic carbocycles. The van der Waals surface area contributed by atoms with Gasteiger partial charge in [-0.25, -0.2) is 0 Å². The summed E-state index contributed by atoms with van der Waals surface area (Å²) in [5.41, 5.74) is 0. The van der Waals surface area contributed by atoms with E-state index in [9.17, 15) is 10.5 Å². The van der Waals surface area contributed by atoms with Gasteiger partial charge in [0.2, 0.25) is 0 Å². The summed E-state index contributed by atoms with van der Waals surface area (Å²) in [6.07, 6.45) is 3.17. The highest BCUT2D eigenvalue weighted by Gasteiger charge is 2.31. The molecule has 0 fully saturated rings. The maximum atomic E-state index is 10.8. The summed E-state index contributed by atoms with van der Waals surface area (Å²) < 4.78 is 0. The van der Waals surface area contributed by atoms with Crippen molar-refractivity contribution in [2.24, 2.45) is 10.2 Å². The Hall–Kier alpha value is -5.76. The van der Waals surface area contributed by atoms with Gasteiger partial charge in [0.25, 0.3) is 0 Å². The Kier molecular flexibility index (Phi) is 10.2. The van der Waals surface area contributed by atoms with Crippen LogP contribution in [-0.2, 0) is 0 Å². The zero-order valence-electron chi connectivity index (χ0n) is 26.2. The van der Waals surface area contributed by atoms with E-state index in [1.807, 2.05) is 109 Å². The van der Waals surface area contributed by atoms with Crippen LogP contribution in [0.25, 0.3) is 0 Å². The minimum atomic E-state index is -2.64. The van der Waals surface area contributed by atoms with Crippen molar-refractivity contribution in [2.75, 3.05) is 0 Å². The minimum Gasteiger partial charge on any atom is -0.192 e. The lowest BCUT2D eigenvalue weighted by atomic mass is 10.4. The van der Waals surface area contributed by atoms with Gasteiger partial charge in [-0.05, 0) is 45.6 Å². The van der Waals surface area contributed by atoms with Crippen LogP contribution in [0.15, 0.2) is 192 Å². The molecule has 6 rings (SSSR count). The molecule has 0 heterocycles. The average Bonchev–Trinajstić information content (AvgIpc) is 3.18. The molecule has 0 aliphatic heterocycles. The lowest BCUT2D eigenvalue weighted by molar-refractivity contribution is 1.28. The van der Waals surface area contributed by atoms with Gasteiger partial charge < -0.3 is 0 Å². The van der Waals surface area contributed by atoms with Crippen molar-refractivity contribution >= 4 is 68.6 Å². The molecule has 6 aromatic carbocycles. The summed E-state index contributed by atoms with van der Waals surface area (Å²) in [5.74, 6) is 0. The Morgan fingerprint density at radius 3 is 0.708 bits per heavy atom. The Balaban J connectivity index is 1.63. The fraction of sp³-hybridized carbons (Fsp3) is 0. The summed E-state index contributed by atoms with van der Waals surface area (Å²) in [4.78, 5) is 0. The van der Waals surface area contributed by atoms with E-state index < -0.39 is 13.8 Å². The van der Waals surface area contributed by atoms with Crippen molar-refractivity contribution in [1.82, 2.24) is 0 Å². The van der Waals surface area contributed by atoms with E-state index in [1.54, 1.807) is 12.4 Å². The topological polar surface area (TPSA) is 72.3 Å². The maximum absolute atomic E-state index is 10.8. The van der Waals surface area contributed by atoms with Gasteiger partial charge in [-0.3, -0.25) is 0 Å². The first-order valence-corrected chi connectivity index (χ1v) is 19.1. The van der Waals surface area contributed by atoms with E-state index >= 15 is 0 Å². The lowest BCUT2D eigenvalue weighted by Gasteiger charge is -2.29.